The van der Waals surface area contributed by atoms with Crippen LogP contribution in [0.4, 0.5) is 17.6 Å². The van der Waals surface area contributed by atoms with E-state index in [0.717, 1.165) is 181 Å². The van der Waals surface area contributed by atoms with Crippen LogP contribution in [0.15, 0.2) is 158 Å². The molecule has 2 aliphatic rings. The standard InChI is InChI=1S/C100H94F4/c1-5-9-13-17-21-29-41-99(42-30-22-18-14-10-6-2)83-35-27-25-33-67(83)69-39-37-59(49-85(69)99)61-45-71-75-51-63(101)55-79-81-57-65(103)53-77-73-47-62(60-38-40-70-68-34-26-28-36-84(68)100(86(70)50-60,43-31-23-19-15-11-7-3)44-32-24-20-16-12-8-4)48-74-78-54-66(104)58-82-80-56-64(102)52-76-72(46-61)87(71)93-95(89(75)79)97(91(77)81)94(88(73)74)98(92(78)82)96(93)90(76)80/h25-28,33-40,45-58H,5-24,29-32,41-44H2,1-4H3. The molecule has 0 saturated heterocycles. The quantitative estimate of drug-likeness (QED) is 0.0182. The third-order valence-electron chi connectivity index (χ3n) is 26.5. The minimum Gasteiger partial charge on any atom is -0.207 e. The molecule has 0 spiro atoms. The summed E-state index contributed by atoms with van der Waals surface area (Å²) in [5.41, 5.74) is 14.7. The van der Waals surface area contributed by atoms with E-state index in [0.29, 0.717) is 21.5 Å². The average molecular weight is 1370 g/mol. The van der Waals surface area contributed by atoms with Crippen molar-refractivity contribution in [2.45, 2.75) is 218 Å². The van der Waals surface area contributed by atoms with Crippen molar-refractivity contribution in [3.05, 3.63) is 203 Å². The highest BCUT2D eigenvalue weighted by molar-refractivity contribution is 6.61. The van der Waals surface area contributed by atoms with Crippen molar-refractivity contribution in [3.8, 4) is 44.5 Å². The molecule has 0 N–H and O–H groups in total. The Hall–Kier alpha value is -8.86. The van der Waals surface area contributed by atoms with Crippen LogP contribution in [0.25, 0.3) is 174 Å². The van der Waals surface area contributed by atoms with Crippen molar-refractivity contribution in [2.75, 3.05) is 0 Å². The summed E-state index contributed by atoms with van der Waals surface area (Å²) in [4.78, 5) is 0. The number of halogens is 4. The van der Waals surface area contributed by atoms with Crippen LogP contribution in [-0.4, -0.2) is 0 Å². The van der Waals surface area contributed by atoms with Gasteiger partial charge in [-0.2, -0.15) is 0 Å². The van der Waals surface area contributed by atoms with Crippen molar-refractivity contribution < 1.29 is 17.6 Å². The van der Waals surface area contributed by atoms with Crippen LogP contribution in [0.1, 0.15) is 230 Å². The predicted octanol–water partition coefficient (Wildman–Crippen LogP) is 31.6. The van der Waals surface area contributed by atoms with Gasteiger partial charge in [0.25, 0.3) is 0 Å². The molecule has 0 unspecified atom stereocenters. The molecule has 2 aliphatic carbocycles. The zero-order chi connectivity index (χ0) is 70.3. The molecule has 0 radical (unpaired) electrons. The summed E-state index contributed by atoms with van der Waals surface area (Å²) in [5.74, 6) is -1.55. The minimum absolute atomic E-state index is 0.165. The smallest absolute Gasteiger partial charge is 0.124 e. The van der Waals surface area contributed by atoms with E-state index in [1.807, 2.05) is 0 Å². The van der Waals surface area contributed by atoms with E-state index >= 15 is 17.6 Å². The number of benzene rings is 17. The van der Waals surface area contributed by atoms with Gasteiger partial charge in [0.05, 0.1) is 0 Å². The molecule has 0 amide bonds. The third-order valence-corrected chi connectivity index (χ3v) is 26.5. The molecule has 0 aromatic heterocycles. The van der Waals surface area contributed by atoms with E-state index in [1.54, 1.807) is 48.5 Å². The van der Waals surface area contributed by atoms with E-state index in [9.17, 15) is 0 Å². The Bertz CT molecular complexity index is 5490. The summed E-state index contributed by atoms with van der Waals surface area (Å²) >= 11 is 0. The summed E-state index contributed by atoms with van der Waals surface area (Å²) in [5, 5.41) is 21.1. The summed E-state index contributed by atoms with van der Waals surface area (Å²) in [6.45, 7) is 9.17. The van der Waals surface area contributed by atoms with Gasteiger partial charge in [-0.1, -0.05) is 255 Å². The SMILES string of the molecule is CCCCCCCCC1(CCCCCCCC)c2ccccc2-c2ccc(-c3cc4c5cc(F)cc6c7cc(F)cc8c9cc(-c%10ccc%11c(c%10)C(CCCCCCCC)(CCCCCCCC)c%10ccccc%10-%11)cc%10c%11cc(F)cc%12c%13cc(F)cc%14c(c3)c4c3c(c65)c(c78)c(c9%10)c(c%12%11)c3c%13%14)cc21. The van der Waals surface area contributed by atoms with Gasteiger partial charge in [-0.05, 0) is 307 Å². The number of hydrogen-bond acceptors (Lipinski definition) is 0. The zero-order valence-electron chi connectivity index (χ0n) is 61.3. The van der Waals surface area contributed by atoms with Gasteiger partial charge in [0, 0.05) is 10.8 Å². The highest BCUT2D eigenvalue weighted by atomic mass is 19.1. The Balaban J connectivity index is 0.864. The molecule has 522 valence electrons. The Morgan fingerprint density at radius 2 is 0.423 bits per heavy atom. The van der Waals surface area contributed by atoms with E-state index in [2.05, 4.69) is 137 Å². The molecule has 0 saturated carbocycles. The van der Waals surface area contributed by atoms with Crippen LogP contribution in [0.5, 0.6) is 0 Å². The second-order valence-electron chi connectivity index (χ2n) is 32.5. The minimum atomic E-state index is -0.389. The van der Waals surface area contributed by atoms with E-state index in [1.165, 1.54) is 173 Å². The van der Waals surface area contributed by atoms with Crippen molar-refractivity contribution in [1.82, 2.24) is 0 Å². The highest BCUT2D eigenvalue weighted by Crippen LogP contribution is 2.63. The van der Waals surface area contributed by atoms with Crippen LogP contribution >= 0.6 is 0 Å². The fourth-order valence-electron chi connectivity index (χ4n) is 21.9. The van der Waals surface area contributed by atoms with Gasteiger partial charge in [-0.25, -0.2) is 17.6 Å². The van der Waals surface area contributed by atoms with E-state index in [4.69, 9.17) is 0 Å². The maximum atomic E-state index is 17.6. The Kier molecular flexibility index (Phi) is 16.5. The second kappa shape index (κ2) is 26.0. The lowest BCUT2D eigenvalue weighted by Gasteiger charge is -2.33. The highest BCUT2D eigenvalue weighted by Gasteiger charge is 2.45. The monoisotopic (exact) mass is 1370 g/mol. The first-order valence-corrected chi connectivity index (χ1v) is 40.6. The van der Waals surface area contributed by atoms with Crippen LogP contribution in [-0.2, 0) is 10.8 Å². The molecule has 17 aromatic rings. The lowest BCUT2D eigenvalue weighted by Crippen LogP contribution is -2.25. The number of fused-ring (bicyclic) bond motifs is 12. The number of unbranched alkanes of at least 4 members (excludes halogenated alkanes) is 20. The molecular weight excluding hydrogens is 1280 g/mol. The summed E-state index contributed by atoms with van der Waals surface area (Å²) in [6.07, 6.45) is 33.9. The molecular formula is C100H94F4. The van der Waals surface area contributed by atoms with Gasteiger partial charge in [0.2, 0.25) is 0 Å². The maximum Gasteiger partial charge on any atom is 0.124 e. The first-order chi connectivity index (χ1) is 51.1. The van der Waals surface area contributed by atoms with E-state index in [-0.39, 0.29) is 34.1 Å². The maximum absolute atomic E-state index is 17.6. The van der Waals surface area contributed by atoms with Crippen LogP contribution in [0.3, 0.4) is 0 Å². The van der Waals surface area contributed by atoms with Crippen molar-refractivity contribution in [1.29, 1.82) is 0 Å². The van der Waals surface area contributed by atoms with Gasteiger partial charge in [0.15, 0.2) is 0 Å². The second-order valence-corrected chi connectivity index (χ2v) is 32.5. The molecule has 4 heteroatoms. The van der Waals surface area contributed by atoms with Crippen molar-refractivity contribution >= 4 is 129 Å². The van der Waals surface area contributed by atoms with Crippen LogP contribution in [0.2, 0.25) is 0 Å². The molecule has 0 aliphatic heterocycles. The fourth-order valence-corrected chi connectivity index (χ4v) is 21.9. The van der Waals surface area contributed by atoms with Crippen molar-refractivity contribution in [3.63, 3.8) is 0 Å². The molecule has 0 fully saturated rings. The summed E-state index contributed by atoms with van der Waals surface area (Å²) in [6, 6.07) is 55.4. The van der Waals surface area contributed by atoms with Gasteiger partial charge >= 0.3 is 0 Å². The lowest BCUT2D eigenvalue weighted by atomic mass is 9.70. The first kappa shape index (κ1) is 65.9. The Labute approximate surface area is 609 Å². The van der Waals surface area contributed by atoms with Gasteiger partial charge in [-0.3, -0.25) is 0 Å². The molecule has 17 aromatic carbocycles. The van der Waals surface area contributed by atoms with E-state index < -0.39 is 0 Å². The van der Waals surface area contributed by atoms with Gasteiger partial charge in [-0.15, -0.1) is 0 Å². The Morgan fingerprint density at radius 3 is 0.683 bits per heavy atom. The average Bonchev–Trinajstić information content (AvgIpc) is 0.771. The fraction of sp³-hybridized carbons (Fsp3) is 0.340. The van der Waals surface area contributed by atoms with Crippen molar-refractivity contribution in [2.24, 2.45) is 0 Å². The molecule has 104 heavy (non-hydrogen) atoms. The first-order valence-electron chi connectivity index (χ1n) is 40.6. The molecule has 0 heterocycles. The third kappa shape index (κ3) is 9.86. The van der Waals surface area contributed by atoms with Crippen LogP contribution in [0, 0.1) is 23.3 Å². The van der Waals surface area contributed by atoms with Crippen LogP contribution < -0.4 is 0 Å². The lowest BCUT2D eigenvalue weighted by molar-refractivity contribution is 0.398. The largest absolute Gasteiger partial charge is 0.207 e. The zero-order valence-corrected chi connectivity index (χ0v) is 61.3. The Morgan fingerprint density at radius 1 is 0.202 bits per heavy atom. The summed E-state index contributed by atoms with van der Waals surface area (Å²) < 4.78 is 70.4. The number of rotatable bonds is 30. The predicted molar refractivity (Wildman–Crippen MR) is 439 cm³/mol. The molecule has 19 rings (SSSR count). The number of hydrogen-bond donors (Lipinski definition) is 0. The molecule has 0 bridgehead atoms. The summed E-state index contributed by atoms with van der Waals surface area (Å²) in [7, 11) is 0. The topological polar surface area (TPSA) is 0 Å². The normalized spacial score (nSPS) is 14.2. The molecule has 0 nitrogen and oxygen atoms in total. The van der Waals surface area contributed by atoms with Gasteiger partial charge in [0.1, 0.15) is 23.3 Å². The van der Waals surface area contributed by atoms with Gasteiger partial charge < -0.3 is 0 Å². The molecule has 0 atom stereocenters.